The number of carbonyl (C=O) groups is 2. The van der Waals surface area contributed by atoms with Crippen LogP contribution in [0.15, 0.2) is 10.4 Å². The van der Waals surface area contributed by atoms with Crippen LogP contribution in [0.5, 0.6) is 0 Å². The Morgan fingerprint density at radius 2 is 1.84 bits per heavy atom. The van der Waals surface area contributed by atoms with Gasteiger partial charge in [0, 0.05) is 18.7 Å². The molecule has 1 atom stereocenters. The Morgan fingerprint density at radius 3 is 2.45 bits per heavy atom. The molecule has 0 bridgehead atoms. The van der Waals surface area contributed by atoms with Crippen molar-refractivity contribution in [2.45, 2.75) is 106 Å². The van der Waals surface area contributed by atoms with Crippen molar-refractivity contribution in [2.24, 2.45) is 0 Å². The monoisotopic (exact) mass is 469 g/mol. The predicted molar refractivity (Wildman–Crippen MR) is 125 cm³/mol. The number of carboxylic acid groups (broad SMARTS) is 1. The highest BCUT2D eigenvalue weighted by molar-refractivity contribution is 8.02. The van der Waals surface area contributed by atoms with E-state index < -0.39 is 11.2 Å². The molecule has 31 heavy (non-hydrogen) atoms. The number of rotatable bonds is 8. The number of nitrogens with one attached hydrogen (secondary N) is 1. The Kier molecular flexibility index (Phi) is 9.47. The minimum Gasteiger partial charge on any atom is -0.480 e. The zero-order valence-electron chi connectivity index (χ0n) is 18.5. The van der Waals surface area contributed by atoms with E-state index in [4.69, 9.17) is 9.84 Å². The largest absolute Gasteiger partial charge is 0.480 e. The Labute approximate surface area is 193 Å². The van der Waals surface area contributed by atoms with Crippen molar-refractivity contribution in [1.29, 1.82) is 0 Å². The van der Waals surface area contributed by atoms with Gasteiger partial charge in [-0.05, 0) is 52.4 Å². The number of hydrogen-bond donors (Lipinski definition) is 2. The zero-order chi connectivity index (χ0) is 22.2. The van der Waals surface area contributed by atoms with Gasteiger partial charge in [0.15, 0.2) is 5.13 Å². The molecule has 2 amide bonds. The van der Waals surface area contributed by atoms with Gasteiger partial charge in [0.2, 0.25) is 0 Å². The van der Waals surface area contributed by atoms with Gasteiger partial charge in [-0.25, -0.2) is 9.78 Å². The Hall–Kier alpha value is -1.32. The van der Waals surface area contributed by atoms with Crippen LogP contribution in [-0.2, 0) is 9.53 Å². The first-order chi connectivity index (χ1) is 15.0. The van der Waals surface area contributed by atoms with Crippen LogP contribution in [0, 0.1) is 0 Å². The topological polar surface area (TPSA) is 91.8 Å². The number of carboxylic acids is 1. The van der Waals surface area contributed by atoms with Crippen molar-refractivity contribution in [2.75, 3.05) is 11.9 Å². The summed E-state index contributed by atoms with van der Waals surface area (Å²) in [6, 6.07) is 0.446. The third-order valence-corrected chi connectivity index (χ3v) is 8.37. The molecule has 1 unspecified atom stereocenters. The van der Waals surface area contributed by atoms with Crippen molar-refractivity contribution >= 4 is 40.2 Å². The fraction of sp³-hybridized carbons (Fsp3) is 0.773. The van der Waals surface area contributed by atoms with Gasteiger partial charge >= 0.3 is 12.0 Å². The molecule has 9 heteroatoms. The molecular weight excluding hydrogens is 434 g/mol. The van der Waals surface area contributed by atoms with Gasteiger partial charge in [-0.3, -0.25) is 10.1 Å². The van der Waals surface area contributed by atoms with E-state index in [1.807, 2.05) is 6.92 Å². The molecule has 2 aliphatic carbocycles. The van der Waals surface area contributed by atoms with Crippen LogP contribution in [0.1, 0.15) is 78.1 Å². The second kappa shape index (κ2) is 12.1. The molecule has 0 saturated heterocycles. The third-order valence-electron chi connectivity index (χ3n) is 6.23. The number of urea groups is 1. The van der Waals surface area contributed by atoms with E-state index in [-0.39, 0.29) is 18.1 Å². The summed E-state index contributed by atoms with van der Waals surface area (Å²) < 4.78 is 6.61. The minimum atomic E-state index is -0.855. The maximum atomic E-state index is 13.4. The average molecular weight is 470 g/mol. The van der Waals surface area contributed by atoms with Gasteiger partial charge < -0.3 is 14.7 Å². The summed E-state index contributed by atoms with van der Waals surface area (Å²) in [5.74, 6) is -0.855. The quantitative estimate of drug-likeness (QED) is 0.380. The van der Waals surface area contributed by atoms with Crippen molar-refractivity contribution in [3.63, 3.8) is 0 Å². The van der Waals surface area contributed by atoms with Crippen LogP contribution in [0.4, 0.5) is 9.93 Å². The normalized spacial score (nSPS) is 23.7. The number of anilines is 1. The van der Waals surface area contributed by atoms with Gasteiger partial charge in [-0.2, -0.15) is 0 Å². The summed E-state index contributed by atoms with van der Waals surface area (Å²) in [5.41, 5.74) is 0. The zero-order valence-corrected chi connectivity index (χ0v) is 20.2. The van der Waals surface area contributed by atoms with Gasteiger partial charge in [-0.15, -0.1) is 0 Å². The summed E-state index contributed by atoms with van der Waals surface area (Å²) in [4.78, 5) is 31.0. The first-order valence-electron chi connectivity index (χ1n) is 11.5. The van der Waals surface area contributed by atoms with Gasteiger partial charge in [0.1, 0.15) is 5.25 Å². The van der Waals surface area contributed by atoms with Crippen molar-refractivity contribution in [3.05, 3.63) is 6.20 Å². The number of thioether (sulfide) groups is 1. The lowest BCUT2D eigenvalue weighted by molar-refractivity contribution is -0.136. The van der Waals surface area contributed by atoms with E-state index in [0.717, 1.165) is 49.3 Å². The molecule has 2 aliphatic rings. The van der Waals surface area contributed by atoms with Crippen LogP contribution in [-0.4, -0.2) is 57.0 Å². The Morgan fingerprint density at radius 1 is 1.19 bits per heavy atom. The summed E-state index contributed by atoms with van der Waals surface area (Å²) in [6.45, 7) is 4.43. The molecule has 7 nitrogen and oxygen atoms in total. The van der Waals surface area contributed by atoms with E-state index in [2.05, 4.69) is 15.2 Å². The number of ether oxygens (including phenoxy) is 1. The summed E-state index contributed by atoms with van der Waals surface area (Å²) in [5, 5.41) is 12.1. The fourth-order valence-corrected chi connectivity index (χ4v) is 6.61. The lowest BCUT2D eigenvalue weighted by Gasteiger charge is -2.41. The van der Waals surface area contributed by atoms with E-state index >= 15 is 0 Å². The lowest BCUT2D eigenvalue weighted by atomic mass is 9.90. The lowest BCUT2D eigenvalue weighted by Crippen LogP contribution is -2.50. The Bertz CT molecular complexity index is 713. The molecule has 174 valence electrons. The minimum absolute atomic E-state index is 0.0658. The van der Waals surface area contributed by atoms with Crippen molar-refractivity contribution < 1.29 is 19.4 Å². The molecule has 2 fully saturated rings. The molecule has 2 saturated carbocycles. The smallest absolute Gasteiger partial charge is 0.324 e. The molecule has 0 radical (unpaired) electrons. The van der Waals surface area contributed by atoms with E-state index in [1.54, 1.807) is 13.1 Å². The predicted octanol–water partition coefficient (Wildman–Crippen LogP) is 5.61. The van der Waals surface area contributed by atoms with Crippen molar-refractivity contribution in [3.8, 4) is 0 Å². The summed E-state index contributed by atoms with van der Waals surface area (Å²) in [7, 11) is 0. The summed E-state index contributed by atoms with van der Waals surface area (Å²) >= 11 is 2.59. The second-order valence-electron chi connectivity index (χ2n) is 8.45. The number of amides is 2. The maximum Gasteiger partial charge on any atom is 0.324 e. The molecule has 0 spiro atoms. The van der Waals surface area contributed by atoms with Gasteiger partial charge in [0.25, 0.3) is 0 Å². The molecule has 1 aromatic rings. The summed E-state index contributed by atoms with van der Waals surface area (Å²) in [6.07, 6.45) is 12.9. The number of nitrogens with zero attached hydrogens (tertiary/aromatic N) is 2. The van der Waals surface area contributed by atoms with E-state index in [0.29, 0.717) is 11.2 Å². The first kappa shape index (κ1) is 24.3. The highest BCUT2D eigenvalue weighted by atomic mass is 32.2. The van der Waals surface area contributed by atoms with Crippen LogP contribution in [0.2, 0.25) is 0 Å². The van der Waals surface area contributed by atoms with E-state index in [9.17, 15) is 9.59 Å². The molecular formula is C22H35N3O4S2. The number of thiazole rings is 1. The third kappa shape index (κ3) is 7.08. The molecule has 0 aliphatic heterocycles. The van der Waals surface area contributed by atoms with E-state index in [1.165, 1.54) is 48.8 Å². The average Bonchev–Trinajstić information content (AvgIpc) is 3.00. The fourth-order valence-electron chi connectivity index (χ4n) is 4.64. The molecule has 3 rings (SSSR count). The van der Waals surface area contributed by atoms with Crippen LogP contribution in [0.25, 0.3) is 0 Å². The molecule has 0 aromatic carbocycles. The number of aliphatic carboxylic acids is 1. The highest BCUT2D eigenvalue weighted by Gasteiger charge is 2.34. The molecule has 1 heterocycles. The molecule has 1 aromatic heterocycles. The number of carbonyl (C=O) groups excluding carboxylic acids is 1. The van der Waals surface area contributed by atoms with Gasteiger partial charge in [0.05, 0.1) is 16.5 Å². The molecule has 2 N–H and O–H groups in total. The first-order valence-corrected chi connectivity index (χ1v) is 13.2. The second-order valence-corrected chi connectivity index (χ2v) is 11.1. The van der Waals surface area contributed by atoms with Crippen molar-refractivity contribution in [1.82, 2.24) is 9.88 Å². The van der Waals surface area contributed by atoms with Crippen LogP contribution in [0.3, 0.4) is 0 Å². The SMILES string of the molecule is CCO[C@H]1CC[C@H](N(C(=O)Nc2ncc(SC(C)C(=O)O)s2)C2CCCCCC2)CC1. The maximum absolute atomic E-state index is 13.4. The van der Waals surface area contributed by atoms with Gasteiger partial charge in [-0.1, -0.05) is 48.8 Å². The highest BCUT2D eigenvalue weighted by Crippen LogP contribution is 2.34. The number of aromatic nitrogens is 1. The number of hydrogen-bond acceptors (Lipinski definition) is 6. The van der Waals surface area contributed by atoms with Crippen LogP contribution >= 0.6 is 23.1 Å². The van der Waals surface area contributed by atoms with Crippen LogP contribution < -0.4 is 5.32 Å². The standard InChI is InChI=1S/C22H35N3O4S2/c1-3-29-18-12-10-17(11-13-18)25(16-8-6-4-5-7-9-16)22(28)24-21-23-14-19(31-21)30-15(2)20(26)27/h14-18H,3-13H2,1-2H3,(H,26,27)(H,23,24,28)/t15?,17-,18-. The Balaban J connectivity index is 1.67.